The number of nitrogens with one attached hydrogen (secondary N) is 1. The zero-order valence-electron chi connectivity index (χ0n) is 16.9. The lowest BCUT2D eigenvalue weighted by Crippen LogP contribution is -2.06. The number of hydrogen-bond donors (Lipinski definition) is 1. The monoisotopic (exact) mass is 528 g/mol. The van der Waals surface area contributed by atoms with Gasteiger partial charge in [0.05, 0.1) is 31.6 Å². The molecule has 34 heavy (non-hydrogen) atoms. The van der Waals surface area contributed by atoms with Crippen LogP contribution in [0, 0.1) is 21.4 Å². The summed E-state index contributed by atoms with van der Waals surface area (Å²) in [5.41, 5.74) is 0.389. The summed E-state index contributed by atoms with van der Waals surface area (Å²) in [5.74, 6) is 0.185. The molecule has 4 aromatic rings. The average molecular weight is 529 g/mol. The van der Waals surface area contributed by atoms with Crippen LogP contribution in [0.5, 0.6) is 11.5 Å². The van der Waals surface area contributed by atoms with Gasteiger partial charge in [-0.1, -0.05) is 18.2 Å². The zero-order valence-corrected chi connectivity index (χ0v) is 18.5. The number of ether oxygens (including phenoxy) is 1. The number of hydrogen-bond acceptors (Lipinski definition) is 5. The summed E-state index contributed by atoms with van der Waals surface area (Å²) in [7, 11) is 0. The van der Waals surface area contributed by atoms with Crippen molar-refractivity contribution in [3.8, 4) is 17.6 Å². The maximum Gasteiger partial charge on any atom is 0.416 e. The molecule has 3 aromatic carbocycles. The smallest absolute Gasteiger partial charge is 0.416 e. The molecule has 0 saturated carbocycles. The van der Waals surface area contributed by atoms with Gasteiger partial charge in [0.2, 0.25) is 5.75 Å². The highest BCUT2D eigenvalue weighted by atomic mass is 79.9. The van der Waals surface area contributed by atoms with Crippen LogP contribution in [0.25, 0.3) is 22.7 Å². The normalized spacial score (nSPS) is 11.9. The molecule has 7 nitrogen and oxygen atoms in total. The van der Waals surface area contributed by atoms with Gasteiger partial charge < -0.3 is 9.72 Å². The quantitative estimate of drug-likeness (QED) is 0.169. The van der Waals surface area contributed by atoms with E-state index in [4.69, 9.17) is 4.74 Å². The molecular weight excluding hydrogens is 517 g/mol. The minimum absolute atomic E-state index is 0.141. The van der Waals surface area contributed by atoms with Crippen LogP contribution >= 0.6 is 15.9 Å². The van der Waals surface area contributed by atoms with Gasteiger partial charge in [0.25, 0.3) is 0 Å². The summed E-state index contributed by atoms with van der Waals surface area (Å²) in [5, 5.41) is 20.9. The molecule has 0 unspecified atom stereocenters. The predicted octanol–water partition coefficient (Wildman–Crippen LogP) is 7.11. The van der Waals surface area contributed by atoms with Crippen LogP contribution in [0.15, 0.2) is 65.1 Å². The zero-order chi connectivity index (χ0) is 24.5. The van der Waals surface area contributed by atoms with Crippen LogP contribution in [0.4, 0.5) is 18.9 Å². The van der Waals surface area contributed by atoms with Gasteiger partial charge in [-0.2, -0.15) is 18.4 Å². The van der Waals surface area contributed by atoms with Crippen LogP contribution in [-0.2, 0) is 6.18 Å². The van der Waals surface area contributed by atoms with Crippen LogP contribution in [-0.4, -0.2) is 14.9 Å². The summed E-state index contributed by atoms with van der Waals surface area (Å²) in [6.45, 7) is 0. The topological polar surface area (TPSA) is 105 Å². The Morgan fingerprint density at radius 1 is 1.15 bits per heavy atom. The molecule has 1 heterocycles. The Balaban J connectivity index is 1.64. The second kappa shape index (κ2) is 8.99. The predicted molar refractivity (Wildman–Crippen MR) is 122 cm³/mol. The molecule has 170 valence electrons. The molecule has 1 N–H and O–H groups in total. The van der Waals surface area contributed by atoms with E-state index in [1.807, 2.05) is 24.3 Å². The summed E-state index contributed by atoms with van der Waals surface area (Å²) < 4.78 is 44.6. The minimum Gasteiger partial charge on any atom is -0.449 e. The first-order valence-electron chi connectivity index (χ1n) is 9.55. The first-order valence-corrected chi connectivity index (χ1v) is 10.3. The Kier molecular flexibility index (Phi) is 6.08. The molecule has 0 fully saturated rings. The number of H-pyrrole nitrogens is 1. The number of nitriles is 1. The molecule has 0 bridgehead atoms. The van der Waals surface area contributed by atoms with E-state index in [-0.39, 0.29) is 17.1 Å². The van der Waals surface area contributed by atoms with E-state index in [9.17, 15) is 28.5 Å². The molecule has 0 aliphatic rings. The number of aromatic nitrogens is 2. The maximum atomic E-state index is 12.9. The van der Waals surface area contributed by atoms with Gasteiger partial charge >= 0.3 is 11.9 Å². The Hall–Kier alpha value is -4.17. The van der Waals surface area contributed by atoms with Crippen molar-refractivity contribution >= 4 is 44.3 Å². The number of para-hydroxylation sites is 2. The van der Waals surface area contributed by atoms with Crippen molar-refractivity contribution in [2.24, 2.45) is 0 Å². The minimum atomic E-state index is -4.73. The number of fused-ring (bicyclic) bond motifs is 1. The number of nitro benzene ring substituents is 1. The second-order valence-corrected chi connectivity index (χ2v) is 7.86. The number of halogens is 4. The molecule has 0 spiro atoms. The highest BCUT2D eigenvalue weighted by molar-refractivity contribution is 9.10. The summed E-state index contributed by atoms with van der Waals surface area (Å²) >= 11 is 3.30. The summed E-state index contributed by atoms with van der Waals surface area (Å²) in [4.78, 5) is 17.8. The van der Waals surface area contributed by atoms with Crippen molar-refractivity contribution in [1.82, 2.24) is 9.97 Å². The van der Waals surface area contributed by atoms with Gasteiger partial charge in [-0.05, 0) is 64.0 Å². The van der Waals surface area contributed by atoms with E-state index >= 15 is 0 Å². The molecule has 1 aromatic heterocycles. The fourth-order valence-electron chi connectivity index (χ4n) is 3.13. The Morgan fingerprint density at radius 2 is 1.88 bits per heavy atom. The second-order valence-electron chi connectivity index (χ2n) is 7.00. The maximum absolute atomic E-state index is 12.9. The van der Waals surface area contributed by atoms with E-state index in [2.05, 4.69) is 32.0 Å². The van der Waals surface area contributed by atoms with Gasteiger partial charge in [0, 0.05) is 6.07 Å². The van der Waals surface area contributed by atoms with Gasteiger partial charge in [0.15, 0.2) is 0 Å². The Labute approximate surface area is 198 Å². The summed E-state index contributed by atoms with van der Waals surface area (Å²) in [6.07, 6.45) is -3.14. The third-order valence-corrected chi connectivity index (χ3v) is 5.35. The molecule has 0 aliphatic heterocycles. The molecule has 0 radical (unpaired) electrons. The standard InChI is InChI=1S/C23H12BrF3N4O3/c24-16-10-13(9-14(12-28)22-29-17-3-1-2-4-18(17)30-22)5-7-20(16)34-21-8-6-15(23(25,26)27)11-19(21)31(32)33/h1-11H,(H,29,30)/b14-9+. The molecule has 4 rings (SSSR count). The molecule has 0 atom stereocenters. The van der Waals surface area contributed by atoms with Crippen LogP contribution in [0.2, 0.25) is 0 Å². The number of rotatable bonds is 5. The number of aromatic amines is 1. The number of benzene rings is 3. The SMILES string of the molecule is N#C/C(=C\c1ccc(Oc2ccc(C(F)(F)F)cc2[N+](=O)[O-])c(Br)c1)c1nc2ccccc2[nH]1. The van der Waals surface area contributed by atoms with Crippen molar-refractivity contribution in [3.05, 3.63) is 92.2 Å². The van der Waals surface area contributed by atoms with E-state index in [1.54, 1.807) is 18.2 Å². The van der Waals surface area contributed by atoms with Crippen molar-refractivity contribution in [2.75, 3.05) is 0 Å². The van der Waals surface area contributed by atoms with Crippen molar-refractivity contribution in [3.63, 3.8) is 0 Å². The number of nitrogens with zero attached hydrogens (tertiary/aromatic N) is 3. The molecule has 11 heteroatoms. The van der Waals surface area contributed by atoms with Gasteiger partial charge in [0.1, 0.15) is 17.6 Å². The Bertz CT molecular complexity index is 1460. The fraction of sp³-hybridized carbons (Fsp3) is 0.0435. The van der Waals surface area contributed by atoms with E-state index in [1.165, 1.54) is 6.07 Å². The van der Waals surface area contributed by atoms with Crippen LogP contribution in [0.1, 0.15) is 17.0 Å². The highest BCUT2D eigenvalue weighted by Gasteiger charge is 2.33. The van der Waals surface area contributed by atoms with E-state index in [0.29, 0.717) is 33.5 Å². The van der Waals surface area contributed by atoms with Crippen LogP contribution in [0.3, 0.4) is 0 Å². The number of imidazole rings is 1. The van der Waals surface area contributed by atoms with Gasteiger partial charge in [-0.3, -0.25) is 10.1 Å². The molecule has 0 aliphatic carbocycles. The lowest BCUT2D eigenvalue weighted by atomic mass is 10.1. The third kappa shape index (κ3) is 4.77. The number of alkyl halides is 3. The average Bonchev–Trinajstić information content (AvgIpc) is 3.22. The first-order chi connectivity index (χ1) is 16.2. The third-order valence-electron chi connectivity index (χ3n) is 4.73. The number of nitro groups is 1. The van der Waals surface area contributed by atoms with E-state index in [0.717, 1.165) is 11.6 Å². The first kappa shape index (κ1) is 23.0. The van der Waals surface area contributed by atoms with Gasteiger partial charge in [-0.25, -0.2) is 4.98 Å². The Morgan fingerprint density at radius 3 is 2.53 bits per heavy atom. The van der Waals surface area contributed by atoms with Crippen molar-refractivity contribution in [1.29, 1.82) is 5.26 Å². The van der Waals surface area contributed by atoms with Crippen LogP contribution < -0.4 is 4.74 Å². The lowest BCUT2D eigenvalue weighted by Gasteiger charge is -2.11. The van der Waals surface area contributed by atoms with Gasteiger partial charge in [-0.15, -0.1) is 0 Å². The molecular formula is C23H12BrF3N4O3. The largest absolute Gasteiger partial charge is 0.449 e. The summed E-state index contributed by atoms with van der Waals surface area (Å²) in [6, 6.07) is 16.1. The van der Waals surface area contributed by atoms with Crippen molar-refractivity contribution in [2.45, 2.75) is 6.18 Å². The molecule has 0 saturated heterocycles. The van der Waals surface area contributed by atoms with Crippen molar-refractivity contribution < 1.29 is 22.8 Å². The molecule has 0 amide bonds. The van der Waals surface area contributed by atoms with E-state index < -0.39 is 22.4 Å². The fourth-order valence-corrected chi connectivity index (χ4v) is 3.61. The number of allylic oxidation sites excluding steroid dienone is 1. The lowest BCUT2D eigenvalue weighted by molar-refractivity contribution is -0.385. The highest BCUT2D eigenvalue weighted by Crippen LogP contribution is 2.39.